The number of benzene rings is 1. The van der Waals surface area contributed by atoms with Crippen LogP contribution in [0.4, 0.5) is 5.69 Å². The minimum atomic E-state index is -0.469. The minimum absolute atomic E-state index is 0.137. The van der Waals surface area contributed by atoms with Crippen LogP contribution in [0.2, 0.25) is 0 Å². The molecule has 0 radical (unpaired) electrons. The quantitative estimate of drug-likeness (QED) is 0.925. The van der Waals surface area contributed by atoms with Crippen LogP contribution in [0.1, 0.15) is 36.2 Å². The lowest BCUT2D eigenvalue weighted by Gasteiger charge is -2.21. The van der Waals surface area contributed by atoms with Crippen LogP contribution in [0.5, 0.6) is 11.5 Å². The van der Waals surface area contributed by atoms with Crippen LogP contribution >= 0.6 is 0 Å². The maximum Gasteiger partial charge on any atom is 0.272 e. The SMILES string of the molecule is Cn1cccc1C(=O)Nc1ccc2c(c1)OC1(CCCC1)O2. The van der Waals surface area contributed by atoms with Gasteiger partial charge in [0.25, 0.3) is 11.7 Å². The normalized spacial score (nSPS) is 17.9. The van der Waals surface area contributed by atoms with Gasteiger partial charge in [-0.3, -0.25) is 4.79 Å². The molecule has 1 amide bonds. The average Bonchev–Trinajstić information content (AvgIpc) is 3.19. The van der Waals surface area contributed by atoms with Gasteiger partial charge in [0.15, 0.2) is 11.5 Å². The smallest absolute Gasteiger partial charge is 0.272 e. The Balaban J connectivity index is 1.54. The molecule has 1 aliphatic carbocycles. The number of nitrogens with one attached hydrogen (secondary N) is 1. The maximum absolute atomic E-state index is 12.2. The van der Waals surface area contributed by atoms with Crippen LogP contribution in [0, 0.1) is 0 Å². The lowest BCUT2D eigenvalue weighted by Crippen LogP contribution is -2.34. The van der Waals surface area contributed by atoms with Gasteiger partial charge in [-0.2, -0.15) is 0 Å². The molecule has 2 heterocycles. The number of rotatable bonds is 2. The van der Waals surface area contributed by atoms with Crippen LogP contribution in [-0.4, -0.2) is 16.3 Å². The molecule has 0 unspecified atom stereocenters. The highest BCUT2D eigenvalue weighted by Gasteiger charge is 2.44. The Morgan fingerprint density at radius 2 is 1.95 bits per heavy atom. The van der Waals surface area contributed by atoms with Crippen molar-refractivity contribution in [2.75, 3.05) is 5.32 Å². The summed E-state index contributed by atoms with van der Waals surface area (Å²) in [6.07, 6.45) is 5.95. The molecule has 4 rings (SSSR count). The third-order valence-corrected chi connectivity index (χ3v) is 4.34. The first-order chi connectivity index (χ1) is 10.7. The molecule has 0 atom stereocenters. The van der Waals surface area contributed by atoms with E-state index in [-0.39, 0.29) is 5.91 Å². The molecular weight excluding hydrogens is 280 g/mol. The molecule has 22 heavy (non-hydrogen) atoms. The molecule has 1 spiro atoms. The Morgan fingerprint density at radius 1 is 1.18 bits per heavy atom. The molecule has 0 bridgehead atoms. The van der Waals surface area contributed by atoms with Gasteiger partial charge in [0.05, 0.1) is 0 Å². The number of fused-ring (bicyclic) bond motifs is 1. The zero-order valence-corrected chi connectivity index (χ0v) is 12.5. The Bertz CT molecular complexity index is 729. The number of amides is 1. The summed E-state index contributed by atoms with van der Waals surface area (Å²) in [6, 6.07) is 9.18. The van der Waals surface area contributed by atoms with Gasteiger partial charge in [-0.1, -0.05) is 0 Å². The minimum Gasteiger partial charge on any atom is -0.448 e. The van der Waals surface area contributed by atoms with E-state index in [9.17, 15) is 4.79 Å². The molecule has 1 aliphatic heterocycles. The first-order valence-corrected chi connectivity index (χ1v) is 7.60. The second-order valence-electron chi connectivity index (χ2n) is 5.94. The first-order valence-electron chi connectivity index (χ1n) is 7.60. The molecule has 2 aromatic rings. The first kappa shape index (κ1) is 13.2. The molecule has 2 aliphatic rings. The summed E-state index contributed by atoms with van der Waals surface area (Å²) in [5.74, 6) is 0.871. The van der Waals surface area contributed by atoms with Gasteiger partial charge in [0, 0.05) is 37.8 Å². The Kier molecular flexibility index (Phi) is 2.89. The van der Waals surface area contributed by atoms with Gasteiger partial charge in [-0.15, -0.1) is 0 Å². The van der Waals surface area contributed by atoms with Crippen molar-refractivity contribution in [1.82, 2.24) is 4.57 Å². The molecule has 1 N–H and O–H groups in total. The number of ether oxygens (including phenoxy) is 2. The monoisotopic (exact) mass is 298 g/mol. The van der Waals surface area contributed by atoms with Crippen molar-refractivity contribution in [2.45, 2.75) is 31.5 Å². The van der Waals surface area contributed by atoms with Crippen molar-refractivity contribution >= 4 is 11.6 Å². The highest BCUT2D eigenvalue weighted by molar-refractivity contribution is 6.03. The number of hydrogen-bond donors (Lipinski definition) is 1. The molecule has 1 aromatic heterocycles. The summed E-state index contributed by atoms with van der Waals surface area (Å²) < 4.78 is 13.8. The Hall–Kier alpha value is -2.43. The topological polar surface area (TPSA) is 52.5 Å². The number of hydrogen-bond acceptors (Lipinski definition) is 3. The number of aromatic nitrogens is 1. The number of carbonyl (C=O) groups is 1. The van der Waals surface area contributed by atoms with Crippen molar-refractivity contribution in [1.29, 1.82) is 0 Å². The van der Waals surface area contributed by atoms with Crippen LogP contribution in [-0.2, 0) is 7.05 Å². The number of aryl methyl sites for hydroxylation is 1. The van der Waals surface area contributed by atoms with E-state index >= 15 is 0 Å². The van der Waals surface area contributed by atoms with Crippen LogP contribution < -0.4 is 14.8 Å². The molecular formula is C17H18N2O3. The predicted octanol–water partition coefficient (Wildman–Crippen LogP) is 3.32. The fraction of sp³-hybridized carbons (Fsp3) is 0.353. The van der Waals surface area contributed by atoms with Gasteiger partial charge in [-0.05, 0) is 37.1 Å². The molecule has 114 valence electrons. The summed E-state index contributed by atoms with van der Waals surface area (Å²) in [7, 11) is 1.85. The van der Waals surface area contributed by atoms with E-state index in [0.29, 0.717) is 17.1 Å². The van der Waals surface area contributed by atoms with Crippen molar-refractivity contribution < 1.29 is 14.3 Å². The second-order valence-corrected chi connectivity index (χ2v) is 5.94. The third-order valence-electron chi connectivity index (χ3n) is 4.34. The predicted molar refractivity (Wildman–Crippen MR) is 82.3 cm³/mol. The van der Waals surface area contributed by atoms with Gasteiger partial charge >= 0.3 is 0 Å². The van der Waals surface area contributed by atoms with Crippen molar-refractivity contribution in [3.63, 3.8) is 0 Å². The molecule has 1 saturated carbocycles. The van der Waals surface area contributed by atoms with E-state index in [0.717, 1.165) is 31.4 Å². The summed E-state index contributed by atoms with van der Waals surface area (Å²) in [6.45, 7) is 0. The van der Waals surface area contributed by atoms with Crippen LogP contribution in [0.3, 0.4) is 0 Å². The Morgan fingerprint density at radius 3 is 2.68 bits per heavy atom. The van der Waals surface area contributed by atoms with E-state index in [1.54, 1.807) is 10.6 Å². The summed E-state index contributed by atoms with van der Waals surface area (Å²) in [5.41, 5.74) is 1.33. The molecule has 1 aromatic carbocycles. The van der Waals surface area contributed by atoms with Crippen LogP contribution in [0.25, 0.3) is 0 Å². The van der Waals surface area contributed by atoms with Gasteiger partial charge in [-0.25, -0.2) is 0 Å². The maximum atomic E-state index is 12.2. The number of carbonyl (C=O) groups excluding carboxylic acids is 1. The Labute approximate surface area is 128 Å². The van der Waals surface area contributed by atoms with Gasteiger partial charge < -0.3 is 19.4 Å². The summed E-state index contributed by atoms with van der Waals surface area (Å²) in [4.78, 5) is 12.2. The van der Waals surface area contributed by atoms with Crippen molar-refractivity contribution in [2.24, 2.45) is 7.05 Å². The van der Waals surface area contributed by atoms with Crippen molar-refractivity contribution in [3.05, 3.63) is 42.2 Å². The third kappa shape index (κ3) is 2.13. The lowest BCUT2D eigenvalue weighted by atomic mass is 10.2. The zero-order chi connectivity index (χ0) is 15.2. The largest absolute Gasteiger partial charge is 0.448 e. The lowest BCUT2D eigenvalue weighted by molar-refractivity contribution is -0.0716. The summed E-state index contributed by atoms with van der Waals surface area (Å²) in [5, 5.41) is 2.90. The van der Waals surface area contributed by atoms with E-state index < -0.39 is 5.79 Å². The highest BCUT2D eigenvalue weighted by Crippen LogP contribution is 2.47. The molecule has 0 saturated heterocycles. The zero-order valence-electron chi connectivity index (χ0n) is 12.5. The second kappa shape index (κ2) is 4.80. The van der Waals surface area contributed by atoms with Crippen molar-refractivity contribution in [3.8, 4) is 11.5 Å². The fourth-order valence-electron chi connectivity index (χ4n) is 3.18. The highest BCUT2D eigenvalue weighted by atomic mass is 16.7. The standard InChI is InChI=1S/C17H18N2O3/c1-19-10-4-5-13(19)16(20)18-12-6-7-14-15(11-12)22-17(21-14)8-2-3-9-17/h4-7,10-11H,2-3,8-9H2,1H3,(H,18,20). The molecule has 5 nitrogen and oxygen atoms in total. The number of anilines is 1. The summed E-state index contributed by atoms with van der Waals surface area (Å²) >= 11 is 0. The average molecular weight is 298 g/mol. The molecule has 1 fully saturated rings. The van der Waals surface area contributed by atoms with E-state index in [2.05, 4.69) is 5.32 Å². The van der Waals surface area contributed by atoms with E-state index in [4.69, 9.17) is 9.47 Å². The fourth-order valence-corrected chi connectivity index (χ4v) is 3.18. The van der Waals surface area contributed by atoms with E-state index in [1.807, 2.05) is 37.5 Å². The number of nitrogens with zero attached hydrogens (tertiary/aromatic N) is 1. The van der Waals surface area contributed by atoms with Gasteiger partial charge in [0.2, 0.25) is 0 Å². The van der Waals surface area contributed by atoms with Gasteiger partial charge in [0.1, 0.15) is 5.69 Å². The van der Waals surface area contributed by atoms with E-state index in [1.165, 1.54) is 0 Å². The van der Waals surface area contributed by atoms with Crippen LogP contribution in [0.15, 0.2) is 36.5 Å². The molecule has 5 heteroatoms.